The third kappa shape index (κ3) is 3.25. The molecule has 0 unspecified atom stereocenters. The molecule has 3 heterocycles. The third-order valence-corrected chi connectivity index (χ3v) is 6.41. The highest BCUT2D eigenvalue weighted by Crippen LogP contribution is 2.28. The summed E-state index contributed by atoms with van der Waals surface area (Å²) in [5, 5.41) is 13.8. The molecular formula is C22H26N6O3. The largest absolute Gasteiger partial charge is 0.396 e. The molecule has 0 spiro atoms. The summed E-state index contributed by atoms with van der Waals surface area (Å²) in [5.74, 6) is 0.860. The van der Waals surface area contributed by atoms with Gasteiger partial charge in [0.25, 0.3) is 5.56 Å². The number of imidazole rings is 1. The molecular weight excluding hydrogens is 396 g/mol. The van der Waals surface area contributed by atoms with Crippen molar-refractivity contribution in [1.82, 2.24) is 23.7 Å². The number of fused-ring (bicyclic) bond motifs is 2. The summed E-state index contributed by atoms with van der Waals surface area (Å²) in [5.41, 5.74) is 1.75. The standard InChI is InChI=1S/C22H26N6O3/c1-26-18-19(25-21(26)24-15-8-7-13(9-15)12-29)27(2)22(31)28(20(18)30)11-16-10-14-5-3-4-6-17(14)23-16/h3-6,10,13,15,23,29H,7-9,11-12H2,1-2H3,(H,24,25)/t13-,15+/m1/s1. The van der Waals surface area contributed by atoms with Crippen LogP contribution in [0.4, 0.5) is 5.95 Å². The number of rotatable bonds is 5. The van der Waals surface area contributed by atoms with Gasteiger partial charge in [0.15, 0.2) is 11.2 Å². The lowest BCUT2D eigenvalue weighted by molar-refractivity contribution is 0.229. The predicted molar refractivity (Wildman–Crippen MR) is 119 cm³/mol. The number of aliphatic hydroxyl groups excluding tert-OH is 1. The van der Waals surface area contributed by atoms with Gasteiger partial charge in [-0.1, -0.05) is 18.2 Å². The van der Waals surface area contributed by atoms with Crippen LogP contribution in [0.1, 0.15) is 25.0 Å². The van der Waals surface area contributed by atoms with Gasteiger partial charge in [-0.05, 0) is 42.7 Å². The zero-order chi connectivity index (χ0) is 21.7. The molecule has 0 saturated heterocycles. The minimum Gasteiger partial charge on any atom is -0.396 e. The molecule has 1 aliphatic carbocycles. The first kappa shape index (κ1) is 19.6. The molecule has 1 aromatic carbocycles. The second-order valence-electron chi connectivity index (χ2n) is 8.48. The van der Waals surface area contributed by atoms with Crippen LogP contribution in [0.3, 0.4) is 0 Å². The minimum absolute atomic E-state index is 0.158. The number of H-pyrrole nitrogens is 1. The second kappa shape index (κ2) is 7.42. The fraction of sp³-hybridized carbons (Fsp3) is 0.409. The van der Waals surface area contributed by atoms with Crippen LogP contribution in [0.15, 0.2) is 39.9 Å². The highest BCUT2D eigenvalue weighted by atomic mass is 16.3. The molecule has 0 amide bonds. The van der Waals surface area contributed by atoms with Gasteiger partial charge in [0.05, 0.1) is 6.54 Å². The lowest BCUT2D eigenvalue weighted by Gasteiger charge is -2.13. The minimum atomic E-state index is -0.401. The topological polar surface area (TPSA) is 110 Å². The second-order valence-corrected chi connectivity index (χ2v) is 8.48. The lowest BCUT2D eigenvalue weighted by Crippen LogP contribution is -2.39. The van der Waals surface area contributed by atoms with Gasteiger partial charge in [-0.15, -0.1) is 0 Å². The van der Waals surface area contributed by atoms with E-state index in [1.807, 2.05) is 30.3 Å². The molecule has 162 valence electrons. The Morgan fingerprint density at radius 3 is 2.74 bits per heavy atom. The van der Waals surface area contributed by atoms with Crippen LogP contribution in [-0.2, 0) is 20.6 Å². The van der Waals surface area contributed by atoms with Crippen molar-refractivity contribution in [3.05, 3.63) is 56.9 Å². The van der Waals surface area contributed by atoms with Crippen LogP contribution in [0.5, 0.6) is 0 Å². The normalized spacial score (nSPS) is 18.9. The number of hydrogen-bond acceptors (Lipinski definition) is 5. The quantitative estimate of drug-likeness (QED) is 0.452. The Labute approximate surface area is 178 Å². The van der Waals surface area contributed by atoms with Crippen molar-refractivity contribution >= 4 is 28.0 Å². The summed E-state index contributed by atoms with van der Waals surface area (Å²) in [6.07, 6.45) is 2.77. The molecule has 1 fully saturated rings. The van der Waals surface area contributed by atoms with Crippen LogP contribution in [0.25, 0.3) is 22.1 Å². The molecule has 4 aromatic rings. The van der Waals surface area contributed by atoms with Crippen molar-refractivity contribution in [3.63, 3.8) is 0 Å². The molecule has 31 heavy (non-hydrogen) atoms. The van der Waals surface area contributed by atoms with E-state index in [4.69, 9.17) is 0 Å². The summed E-state index contributed by atoms with van der Waals surface area (Å²) in [7, 11) is 3.43. The summed E-state index contributed by atoms with van der Waals surface area (Å²) < 4.78 is 4.40. The number of aliphatic hydroxyl groups is 1. The van der Waals surface area contributed by atoms with Gasteiger partial charge in [-0.2, -0.15) is 4.98 Å². The third-order valence-electron chi connectivity index (χ3n) is 6.41. The van der Waals surface area contributed by atoms with Crippen LogP contribution >= 0.6 is 0 Å². The maximum absolute atomic E-state index is 13.3. The van der Waals surface area contributed by atoms with E-state index in [0.29, 0.717) is 23.0 Å². The van der Waals surface area contributed by atoms with E-state index >= 15 is 0 Å². The molecule has 3 N–H and O–H groups in total. The van der Waals surface area contributed by atoms with E-state index < -0.39 is 5.69 Å². The van der Waals surface area contributed by atoms with Gasteiger partial charge in [0, 0.05) is 38.0 Å². The number of nitrogens with zero attached hydrogens (tertiary/aromatic N) is 4. The maximum atomic E-state index is 13.3. The molecule has 0 radical (unpaired) electrons. The van der Waals surface area contributed by atoms with Gasteiger partial charge in [0.1, 0.15) is 0 Å². The van der Waals surface area contributed by atoms with E-state index in [1.165, 1.54) is 9.13 Å². The first-order valence-electron chi connectivity index (χ1n) is 10.6. The monoisotopic (exact) mass is 422 g/mol. The molecule has 9 nitrogen and oxygen atoms in total. The SMILES string of the molecule is Cn1c(N[C@H]2CC[C@@H](CO)C2)nc2c1c(=O)n(Cc1cc3ccccc3[nH]1)c(=O)n2C. The van der Waals surface area contributed by atoms with E-state index in [0.717, 1.165) is 35.9 Å². The van der Waals surface area contributed by atoms with Crippen LogP contribution < -0.4 is 16.6 Å². The Kier molecular flexibility index (Phi) is 4.70. The molecule has 2 atom stereocenters. The molecule has 9 heteroatoms. The van der Waals surface area contributed by atoms with E-state index in [1.54, 1.807) is 18.7 Å². The number of aryl methyl sites for hydroxylation is 2. The number of aromatic amines is 1. The average molecular weight is 422 g/mol. The Bertz CT molecular complexity index is 1360. The van der Waals surface area contributed by atoms with E-state index in [9.17, 15) is 14.7 Å². The highest BCUT2D eigenvalue weighted by molar-refractivity contribution is 5.80. The van der Waals surface area contributed by atoms with E-state index in [2.05, 4.69) is 15.3 Å². The Balaban J connectivity index is 1.55. The van der Waals surface area contributed by atoms with Crippen molar-refractivity contribution in [3.8, 4) is 0 Å². The van der Waals surface area contributed by atoms with Gasteiger partial charge < -0.3 is 20.0 Å². The molecule has 1 saturated carbocycles. The number of anilines is 1. The zero-order valence-electron chi connectivity index (χ0n) is 17.6. The smallest absolute Gasteiger partial charge is 0.332 e. The van der Waals surface area contributed by atoms with Gasteiger partial charge in [0.2, 0.25) is 5.95 Å². The van der Waals surface area contributed by atoms with Gasteiger partial charge in [-0.3, -0.25) is 13.9 Å². The highest BCUT2D eigenvalue weighted by Gasteiger charge is 2.26. The first-order valence-corrected chi connectivity index (χ1v) is 10.6. The Morgan fingerprint density at radius 2 is 2.00 bits per heavy atom. The molecule has 1 aliphatic rings. The van der Waals surface area contributed by atoms with Crippen molar-refractivity contribution in [2.75, 3.05) is 11.9 Å². The number of aromatic nitrogens is 5. The van der Waals surface area contributed by atoms with Gasteiger partial charge in [-0.25, -0.2) is 4.79 Å². The predicted octanol–water partition coefficient (Wildman–Crippen LogP) is 1.54. The summed E-state index contributed by atoms with van der Waals surface area (Å²) in [6, 6.07) is 10.00. The molecule has 0 aliphatic heterocycles. The first-order chi connectivity index (χ1) is 15.0. The summed E-state index contributed by atoms with van der Waals surface area (Å²) >= 11 is 0. The zero-order valence-corrected chi connectivity index (χ0v) is 17.6. The molecule has 5 rings (SSSR count). The van der Waals surface area contributed by atoms with Crippen LogP contribution in [0, 0.1) is 5.92 Å². The number of para-hydroxylation sites is 1. The summed E-state index contributed by atoms with van der Waals surface area (Å²) in [4.78, 5) is 34.1. The van der Waals surface area contributed by atoms with Crippen molar-refractivity contribution in [1.29, 1.82) is 0 Å². The fourth-order valence-corrected chi connectivity index (χ4v) is 4.66. The van der Waals surface area contributed by atoms with Crippen molar-refractivity contribution < 1.29 is 5.11 Å². The maximum Gasteiger partial charge on any atom is 0.332 e. The average Bonchev–Trinajstić information content (AvgIpc) is 3.47. The molecule has 0 bridgehead atoms. The summed E-state index contributed by atoms with van der Waals surface area (Å²) in [6.45, 7) is 0.346. The van der Waals surface area contributed by atoms with Crippen molar-refractivity contribution in [2.45, 2.75) is 31.8 Å². The van der Waals surface area contributed by atoms with Crippen LogP contribution in [-0.4, -0.2) is 41.4 Å². The number of nitrogens with one attached hydrogen (secondary N) is 2. The van der Waals surface area contributed by atoms with Crippen LogP contribution in [0.2, 0.25) is 0 Å². The lowest BCUT2D eigenvalue weighted by atomic mass is 10.1. The Morgan fingerprint density at radius 1 is 1.19 bits per heavy atom. The number of hydrogen-bond donors (Lipinski definition) is 3. The molecule has 3 aromatic heterocycles. The van der Waals surface area contributed by atoms with Crippen molar-refractivity contribution in [2.24, 2.45) is 20.0 Å². The number of benzene rings is 1. The Hall–Kier alpha value is -3.33. The fourth-order valence-electron chi connectivity index (χ4n) is 4.66. The van der Waals surface area contributed by atoms with Gasteiger partial charge >= 0.3 is 5.69 Å². The van der Waals surface area contributed by atoms with E-state index in [-0.39, 0.29) is 24.8 Å².